The zero-order valence-electron chi connectivity index (χ0n) is 9.24. The van der Waals surface area contributed by atoms with Crippen LogP contribution in [0, 0.1) is 0 Å². The lowest BCUT2D eigenvalue weighted by atomic mass is 10.1. The second-order valence-electron chi connectivity index (χ2n) is 4.22. The summed E-state index contributed by atoms with van der Waals surface area (Å²) in [6.07, 6.45) is 4.37. The standard InChI is InChI=1S/C11H22O3/c1-9(12)7-10(2)14-8-11-5-3-4-6-13-11/h9-12H,3-8H2,1-2H3. The van der Waals surface area contributed by atoms with Crippen molar-refractivity contribution in [3.63, 3.8) is 0 Å². The fourth-order valence-electron chi connectivity index (χ4n) is 1.76. The lowest BCUT2D eigenvalue weighted by molar-refractivity contribution is -0.0662. The van der Waals surface area contributed by atoms with Gasteiger partial charge in [-0.25, -0.2) is 0 Å². The molecule has 0 radical (unpaired) electrons. The summed E-state index contributed by atoms with van der Waals surface area (Å²) in [6, 6.07) is 0. The Balaban J connectivity index is 2.06. The molecular weight excluding hydrogens is 180 g/mol. The molecule has 1 aliphatic rings. The molecule has 1 aliphatic heterocycles. The maximum Gasteiger partial charge on any atom is 0.0808 e. The van der Waals surface area contributed by atoms with Crippen LogP contribution in [0.15, 0.2) is 0 Å². The summed E-state index contributed by atoms with van der Waals surface area (Å²) < 4.78 is 11.2. The van der Waals surface area contributed by atoms with Crippen LogP contribution >= 0.6 is 0 Å². The van der Waals surface area contributed by atoms with E-state index in [2.05, 4.69) is 0 Å². The fourth-order valence-corrected chi connectivity index (χ4v) is 1.76. The van der Waals surface area contributed by atoms with Crippen molar-refractivity contribution < 1.29 is 14.6 Å². The van der Waals surface area contributed by atoms with Crippen LogP contribution in [0.3, 0.4) is 0 Å². The fraction of sp³-hybridized carbons (Fsp3) is 1.00. The SMILES string of the molecule is CC(O)CC(C)OCC1CCCCO1. The summed E-state index contributed by atoms with van der Waals surface area (Å²) >= 11 is 0. The number of hydrogen-bond donors (Lipinski definition) is 1. The van der Waals surface area contributed by atoms with Crippen molar-refractivity contribution in [2.45, 2.75) is 57.8 Å². The molecule has 1 rings (SSSR count). The molecule has 3 unspecified atom stereocenters. The molecule has 1 N–H and O–H groups in total. The predicted molar refractivity (Wildman–Crippen MR) is 55.3 cm³/mol. The number of aliphatic hydroxyl groups is 1. The van der Waals surface area contributed by atoms with Gasteiger partial charge in [-0.3, -0.25) is 0 Å². The van der Waals surface area contributed by atoms with Gasteiger partial charge in [0, 0.05) is 6.61 Å². The van der Waals surface area contributed by atoms with Gasteiger partial charge in [0.15, 0.2) is 0 Å². The average molecular weight is 202 g/mol. The summed E-state index contributed by atoms with van der Waals surface area (Å²) in [5.41, 5.74) is 0. The largest absolute Gasteiger partial charge is 0.393 e. The average Bonchev–Trinajstić information content (AvgIpc) is 2.15. The van der Waals surface area contributed by atoms with Crippen LogP contribution < -0.4 is 0 Å². The van der Waals surface area contributed by atoms with E-state index in [9.17, 15) is 0 Å². The third-order valence-electron chi connectivity index (χ3n) is 2.51. The van der Waals surface area contributed by atoms with Crippen molar-refractivity contribution in [1.82, 2.24) is 0 Å². The third kappa shape index (κ3) is 4.94. The molecule has 0 bridgehead atoms. The summed E-state index contributed by atoms with van der Waals surface area (Å²) in [6.45, 7) is 5.33. The zero-order valence-corrected chi connectivity index (χ0v) is 9.24. The van der Waals surface area contributed by atoms with Gasteiger partial charge in [0.1, 0.15) is 0 Å². The molecule has 1 heterocycles. The van der Waals surface area contributed by atoms with Gasteiger partial charge in [-0.05, 0) is 39.5 Å². The molecule has 0 aromatic rings. The predicted octanol–water partition coefficient (Wildman–Crippen LogP) is 1.73. The van der Waals surface area contributed by atoms with Crippen LogP contribution in [0.1, 0.15) is 39.5 Å². The molecule has 3 heteroatoms. The van der Waals surface area contributed by atoms with Crippen LogP contribution in [0.4, 0.5) is 0 Å². The molecular formula is C11H22O3. The van der Waals surface area contributed by atoms with Gasteiger partial charge in [0.2, 0.25) is 0 Å². The van der Waals surface area contributed by atoms with E-state index < -0.39 is 0 Å². The van der Waals surface area contributed by atoms with Gasteiger partial charge in [-0.15, -0.1) is 0 Å². The Hall–Kier alpha value is -0.120. The van der Waals surface area contributed by atoms with Gasteiger partial charge in [-0.2, -0.15) is 0 Å². The van der Waals surface area contributed by atoms with Crippen molar-refractivity contribution in [2.75, 3.05) is 13.2 Å². The molecule has 84 valence electrons. The van der Waals surface area contributed by atoms with Crippen molar-refractivity contribution in [1.29, 1.82) is 0 Å². The Labute approximate surface area is 86.4 Å². The zero-order chi connectivity index (χ0) is 10.4. The van der Waals surface area contributed by atoms with Crippen molar-refractivity contribution in [3.05, 3.63) is 0 Å². The van der Waals surface area contributed by atoms with E-state index in [0.29, 0.717) is 13.0 Å². The second-order valence-corrected chi connectivity index (χ2v) is 4.22. The first-order valence-corrected chi connectivity index (χ1v) is 5.59. The van der Waals surface area contributed by atoms with E-state index in [0.717, 1.165) is 13.0 Å². The highest BCUT2D eigenvalue weighted by atomic mass is 16.5. The summed E-state index contributed by atoms with van der Waals surface area (Å²) in [7, 11) is 0. The maximum absolute atomic E-state index is 9.15. The molecule has 0 spiro atoms. The molecule has 3 atom stereocenters. The number of hydrogen-bond acceptors (Lipinski definition) is 3. The number of ether oxygens (including phenoxy) is 2. The highest BCUT2D eigenvalue weighted by Crippen LogP contribution is 2.14. The van der Waals surface area contributed by atoms with E-state index in [1.807, 2.05) is 6.92 Å². The molecule has 0 saturated carbocycles. The number of aliphatic hydroxyl groups excluding tert-OH is 1. The van der Waals surface area contributed by atoms with Crippen molar-refractivity contribution in [3.8, 4) is 0 Å². The van der Waals surface area contributed by atoms with E-state index in [1.54, 1.807) is 6.92 Å². The minimum Gasteiger partial charge on any atom is -0.393 e. The summed E-state index contributed by atoms with van der Waals surface area (Å²) in [5.74, 6) is 0. The van der Waals surface area contributed by atoms with Crippen molar-refractivity contribution >= 4 is 0 Å². The topological polar surface area (TPSA) is 38.7 Å². The van der Waals surface area contributed by atoms with Gasteiger partial charge in [-0.1, -0.05) is 0 Å². The van der Waals surface area contributed by atoms with Gasteiger partial charge in [0.25, 0.3) is 0 Å². The third-order valence-corrected chi connectivity index (χ3v) is 2.51. The van der Waals surface area contributed by atoms with E-state index in [4.69, 9.17) is 14.6 Å². The van der Waals surface area contributed by atoms with Gasteiger partial charge < -0.3 is 14.6 Å². The Morgan fingerprint density at radius 2 is 2.21 bits per heavy atom. The highest BCUT2D eigenvalue weighted by molar-refractivity contribution is 4.64. The monoisotopic (exact) mass is 202 g/mol. The molecule has 0 aromatic heterocycles. The minimum atomic E-state index is -0.280. The second kappa shape index (κ2) is 6.38. The first kappa shape index (κ1) is 12.0. The van der Waals surface area contributed by atoms with Crippen LogP contribution in [-0.4, -0.2) is 36.6 Å². The van der Waals surface area contributed by atoms with Crippen LogP contribution in [0.5, 0.6) is 0 Å². The van der Waals surface area contributed by atoms with Crippen LogP contribution in [-0.2, 0) is 9.47 Å². The molecule has 0 aromatic carbocycles. The first-order chi connectivity index (χ1) is 6.68. The first-order valence-electron chi connectivity index (χ1n) is 5.59. The van der Waals surface area contributed by atoms with Crippen molar-refractivity contribution in [2.24, 2.45) is 0 Å². The molecule has 1 saturated heterocycles. The molecule has 3 nitrogen and oxygen atoms in total. The number of rotatable bonds is 5. The summed E-state index contributed by atoms with van der Waals surface area (Å²) in [5, 5.41) is 9.15. The normalized spacial score (nSPS) is 27.2. The Bertz CT molecular complexity index is 141. The van der Waals surface area contributed by atoms with Crippen LogP contribution in [0.25, 0.3) is 0 Å². The van der Waals surface area contributed by atoms with E-state index in [1.165, 1.54) is 12.8 Å². The van der Waals surface area contributed by atoms with Gasteiger partial charge >= 0.3 is 0 Å². The smallest absolute Gasteiger partial charge is 0.0808 e. The minimum absolute atomic E-state index is 0.125. The van der Waals surface area contributed by atoms with Crippen LogP contribution in [0.2, 0.25) is 0 Å². The Morgan fingerprint density at radius 1 is 1.43 bits per heavy atom. The highest BCUT2D eigenvalue weighted by Gasteiger charge is 2.15. The quantitative estimate of drug-likeness (QED) is 0.738. The van der Waals surface area contributed by atoms with E-state index >= 15 is 0 Å². The van der Waals surface area contributed by atoms with E-state index in [-0.39, 0.29) is 18.3 Å². The summed E-state index contributed by atoms with van der Waals surface area (Å²) in [4.78, 5) is 0. The molecule has 1 fully saturated rings. The maximum atomic E-state index is 9.15. The van der Waals surface area contributed by atoms with Gasteiger partial charge in [0.05, 0.1) is 24.9 Å². The molecule has 0 aliphatic carbocycles. The molecule has 14 heavy (non-hydrogen) atoms. The lowest BCUT2D eigenvalue weighted by Crippen LogP contribution is -2.27. The Kier molecular flexibility index (Phi) is 5.45. The molecule has 0 amide bonds. The Morgan fingerprint density at radius 3 is 2.79 bits per heavy atom. The lowest BCUT2D eigenvalue weighted by Gasteiger charge is -2.24.